The molecule has 2 aromatic heterocycles. The minimum Gasteiger partial charge on any atom is -0.459 e. The lowest BCUT2D eigenvalue weighted by Crippen LogP contribution is -2.39. The standard InChI is InChI=1S/C16H19N3O3/c1-10-3-8-21-13(10)15(20)19-6-4-16(5-7-19)9-12(16)14-18-17-11(2)22-14/h3,8,12H,4-7,9H2,1-2H3. The van der Waals surface area contributed by atoms with Gasteiger partial charge in [-0.2, -0.15) is 0 Å². The molecule has 1 saturated carbocycles. The number of hydrogen-bond donors (Lipinski definition) is 0. The van der Waals surface area contributed by atoms with Crippen molar-refractivity contribution in [2.75, 3.05) is 13.1 Å². The van der Waals surface area contributed by atoms with Crippen molar-refractivity contribution in [1.29, 1.82) is 0 Å². The smallest absolute Gasteiger partial charge is 0.289 e. The number of nitrogens with zero attached hydrogens (tertiary/aromatic N) is 3. The molecule has 0 bridgehead atoms. The van der Waals surface area contributed by atoms with Crippen molar-refractivity contribution in [2.24, 2.45) is 5.41 Å². The first-order chi connectivity index (χ1) is 10.6. The van der Waals surface area contributed by atoms with Crippen molar-refractivity contribution >= 4 is 5.91 Å². The number of likely N-dealkylation sites (tertiary alicyclic amines) is 1. The second-order valence-corrected chi connectivity index (χ2v) is 6.50. The zero-order valence-corrected chi connectivity index (χ0v) is 12.8. The first-order valence-electron chi connectivity index (χ1n) is 7.72. The topological polar surface area (TPSA) is 72.4 Å². The lowest BCUT2D eigenvalue weighted by atomic mass is 9.90. The van der Waals surface area contributed by atoms with Crippen molar-refractivity contribution in [3.63, 3.8) is 0 Å². The third-order valence-corrected chi connectivity index (χ3v) is 5.13. The van der Waals surface area contributed by atoms with Crippen LogP contribution in [0.25, 0.3) is 0 Å². The second kappa shape index (κ2) is 4.69. The van der Waals surface area contributed by atoms with Crippen molar-refractivity contribution in [2.45, 2.75) is 39.0 Å². The highest BCUT2D eigenvalue weighted by atomic mass is 16.4. The van der Waals surface area contributed by atoms with Gasteiger partial charge in [-0.3, -0.25) is 4.79 Å². The van der Waals surface area contributed by atoms with E-state index >= 15 is 0 Å². The molecular formula is C16H19N3O3. The number of piperidine rings is 1. The Morgan fingerprint density at radius 3 is 2.68 bits per heavy atom. The Kier molecular flexibility index (Phi) is 2.89. The van der Waals surface area contributed by atoms with Gasteiger partial charge in [0.1, 0.15) is 0 Å². The maximum atomic E-state index is 12.5. The van der Waals surface area contributed by atoms with Gasteiger partial charge < -0.3 is 13.7 Å². The van der Waals surface area contributed by atoms with Crippen LogP contribution in [0.2, 0.25) is 0 Å². The molecule has 22 heavy (non-hydrogen) atoms. The van der Waals surface area contributed by atoms with E-state index in [9.17, 15) is 4.79 Å². The average molecular weight is 301 g/mol. The molecule has 2 fully saturated rings. The summed E-state index contributed by atoms with van der Waals surface area (Å²) in [7, 11) is 0. The highest BCUT2D eigenvalue weighted by Gasteiger charge is 2.58. The molecule has 3 heterocycles. The number of amides is 1. The van der Waals surface area contributed by atoms with Crippen molar-refractivity contribution in [3.8, 4) is 0 Å². The zero-order chi connectivity index (χ0) is 15.3. The number of furan rings is 1. The van der Waals surface area contributed by atoms with Gasteiger partial charge in [0.25, 0.3) is 5.91 Å². The number of hydrogen-bond acceptors (Lipinski definition) is 5. The van der Waals surface area contributed by atoms with Crippen LogP contribution < -0.4 is 0 Å². The highest BCUT2D eigenvalue weighted by Crippen LogP contribution is 2.64. The molecule has 0 radical (unpaired) electrons. The summed E-state index contributed by atoms with van der Waals surface area (Å²) in [5.74, 6) is 2.23. The minimum absolute atomic E-state index is 0.00295. The van der Waals surface area contributed by atoms with E-state index in [0.29, 0.717) is 17.6 Å². The van der Waals surface area contributed by atoms with Gasteiger partial charge in [0.15, 0.2) is 5.76 Å². The Hall–Kier alpha value is -2.11. The Balaban J connectivity index is 1.42. The summed E-state index contributed by atoms with van der Waals surface area (Å²) >= 11 is 0. The lowest BCUT2D eigenvalue weighted by molar-refractivity contribution is 0.0640. The molecule has 4 rings (SSSR count). The van der Waals surface area contributed by atoms with Crippen LogP contribution in [-0.2, 0) is 0 Å². The van der Waals surface area contributed by atoms with Crippen LogP contribution in [0.4, 0.5) is 0 Å². The molecule has 1 aliphatic carbocycles. The van der Waals surface area contributed by atoms with E-state index in [1.54, 1.807) is 6.26 Å². The predicted molar refractivity (Wildman–Crippen MR) is 77.4 cm³/mol. The summed E-state index contributed by atoms with van der Waals surface area (Å²) < 4.78 is 10.9. The van der Waals surface area contributed by atoms with Crippen LogP contribution in [0.3, 0.4) is 0 Å². The summed E-state index contributed by atoms with van der Waals surface area (Å²) in [6, 6.07) is 1.83. The summed E-state index contributed by atoms with van der Waals surface area (Å²) in [4.78, 5) is 14.4. The number of aromatic nitrogens is 2. The molecule has 0 N–H and O–H groups in total. The van der Waals surface area contributed by atoms with Gasteiger partial charge in [-0.15, -0.1) is 10.2 Å². The molecule has 6 heteroatoms. The number of aryl methyl sites for hydroxylation is 2. The summed E-state index contributed by atoms with van der Waals surface area (Å²) in [5.41, 5.74) is 1.16. The first-order valence-corrected chi connectivity index (χ1v) is 7.72. The SMILES string of the molecule is Cc1nnc(C2CC23CCN(C(=O)c2occc2C)CC3)o1. The first kappa shape index (κ1) is 13.5. The van der Waals surface area contributed by atoms with Gasteiger partial charge in [-0.1, -0.05) is 0 Å². The van der Waals surface area contributed by atoms with Crippen LogP contribution in [-0.4, -0.2) is 34.1 Å². The molecule has 1 unspecified atom stereocenters. The summed E-state index contributed by atoms with van der Waals surface area (Å²) in [6.45, 7) is 5.25. The molecule has 1 spiro atoms. The van der Waals surface area contributed by atoms with Crippen molar-refractivity contribution in [3.05, 3.63) is 35.4 Å². The van der Waals surface area contributed by atoms with Crippen LogP contribution >= 0.6 is 0 Å². The van der Waals surface area contributed by atoms with Gasteiger partial charge >= 0.3 is 0 Å². The van der Waals surface area contributed by atoms with Crippen LogP contribution in [0.5, 0.6) is 0 Å². The maximum absolute atomic E-state index is 12.5. The molecule has 116 valence electrons. The fourth-order valence-electron chi connectivity index (χ4n) is 3.59. The summed E-state index contributed by atoms with van der Waals surface area (Å²) in [6.07, 6.45) is 4.65. The van der Waals surface area contributed by atoms with E-state index in [1.807, 2.05) is 24.8 Å². The molecule has 1 saturated heterocycles. The summed E-state index contributed by atoms with van der Waals surface area (Å²) in [5, 5.41) is 8.07. The predicted octanol–water partition coefficient (Wildman–Crippen LogP) is 2.69. The second-order valence-electron chi connectivity index (χ2n) is 6.50. The molecule has 2 aromatic rings. The normalized spacial score (nSPS) is 23.0. The maximum Gasteiger partial charge on any atom is 0.289 e. The third-order valence-electron chi connectivity index (χ3n) is 5.13. The van der Waals surface area contributed by atoms with Gasteiger partial charge in [0, 0.05) is 31.5 Å². The van der Waals surface area contributed by atoms with Gasteiger partial charge in [-0.05, 0) is 37.7 Å². The van der Waals surface area contributed by atoms with Gasteiger partial charge in [0.2, 0.25) is 11.8 Å². The van der Waals surface area contributed by atoms with Crippen LogP contribution in [0.1, 0.15) is 53.1 Å². The highest BCUT2D eigenvalue weighted by molar-refractivity contribution is 5.92. The van der Waals surface area contributed by atoms with E-state index in [2.05, 4.69) is 10.2 Å². The van der Waals surface area contributed by atoms with E-state index in [0.717, 1.165) is 43.8 Å². The lowest BCUT2D eigenvalue weighted by Gasteiger charge is -2.32. The average Bonchev–Trinajstić information content (AvgIpc) is 2.86. The molecule has 2 aliphatic rings. The number of carbonyl (C=O) groups excluding carboxylic acids is 1. The molecule has 0 aromatic carbocycles. The molecule has 1 atom stereocenters. The van der Waals surface area contributed by atoms with Crippen molar-refractivity contribution in [1.82, 2.24) is 15.1 Å². The monoisotopic (exact) mass is 301 g/mol. The molecule has 1 aliphatic heterocycles. The molecule has 6 nitrogen and oxygen atoms in total. The Bertz CT molecular complexity index is 710. The fourth-order valence-corrected chi connectivity index (χ4v) is 3.59. The Morgan fingerprint density at radius 1 is 1.32 bits per heavy atom. The van der Waals surface area contributed by atoms with Crippen LogP contribution in [0.15, 0.2) is 21.2 Å². The van der Waals surface area contributed by atoms with E-state index in [1.165, 1.54) is 0 Å². The quantitative estimate of drug-likeness (QED) is 0.852. The third kappa shape index (κ3) is 2.05. The number of rotatable bonds is 2. The van der Waals surface area contributed by atoms with Gasteiger partial charge in [-0.25, -0.2) is 0 Å². The van der Waals surface area contributed by atoms with E-state index < -0.39 is 0 Å². The number of carbonyl (C=O) groups is 1. The Labute approximate surface area is 128 Å². The van der Waals surface area contributed by atoms with E-state index in [4.69, 9.17) is 8.83 Å². The zero-order valence-electron chi connectivity index (χ0n) is 12.8. The minimum atomic E-state index is 0.00295. The fraction of sp³-hybridized carbons (Fsp3) is 0.562. The Morgan fingerprint density at radius 2 is 2.09 bits per heavy atom. The molecular weight excluding hydrogens is 282 g/mol. The van der Waals surface area contributed by atoms with Crippen molar-refractivity contribution < 1.29 is 13.6 Å². The van der Waals surface area contributed by atoms with Crippen LogP contribution in [0, 0.1) is 19.3 Å². The largest absolute Gasteiger partial charge is 0.459 e. The van der Waals surface area contributed by atoms with Gasteiger partial charge in [0.05, 0.1) is 6.26 Å². The van der Waals surface area contributed by atoms with E-state index in [-0.39, 0.29) is 11.3 Å². The molecule has 1 amide bonds.